The summed E-state index contributed by atoms with van der Waals surface area (Å²) in [7, 11) is 0. The Hall–Kier alpha value is -0.100. The van der Waals surface area contributed by atoms with Gasteiger partial charge in [0.1, 0.15) is 4.88 Å². The van der Waals surface area contributed by atoms with E-state index < -0.39 is 0 Å². The number of hydrogen-bond acceptors (Lipinski definition) is 3. The molecule has 0 radical (unpaired) electrons. The number of nitrogens with two attached hydrogens (primary N) is 1. The van der Waals surface area contributed by atoms with Crippen LogP contribution in [0.5, 0.6) is 0 Å². The van der Waals surface area contributed by atoms with Crippen molar-refractivity contribution in [2.75, 3.05) is 13.1 Å². The van der Waals surface area contributed by atoms with E-state index in [2.05, 4.69) is 15.9 Å². The highest BCUT2D eigenvalue weighted by molar-refractivity contribution is 9.10. The molecule has 1 fully saturated rings. The maximum absolute atomic E-state index is 12.1. The van der Waals surface area contributed by atoms with E-state index in [1.807, 2.05) is 16.3 Å². The summed E-state index contributed by atoms with van der Waals surface area (Å²) in [5, 5.41) is 1.92. The lowest BCUT2D eigenvalue weighted by Crippen LogP contribution is -2.39. The van der Waals surface area contributed by atoms with Crippen molar-refractivity contribution in [3.05, 3.63) is 20.8 Å². The standard InChI is InChI=1S/C10H13BrN2OS.ClH/c11-8-3-5-15-9(8)10(14)13-4-1-2-7(13)6-12;/h3,5,7H,1-2,4,6,12H2;1H. The van der Waals surface area contributed by atoms with Crippen LogP contribution in [0.4, 0.5) is 0 Å². The molecule has 0 saturated carbocycles. The summed E-state index contributed by atoms with van der Waals surface area (Å²) in [4.78, 5) is 14.8. The molecule has 2 heterocycles. The molecular weight excluding hydrogens is 312 g/mol. The Morgan fingerprint density at radius 1 is 1.69 bits per heavy atom. The van der Waals surface area contributed by atoms with Crippen LogP contribution in [0, 0.1) is 0 Å². The molecule has 1 unspecified atom stereocenters. The van der Waals surface area contributed by atoms with Gasteiger partial charge in [-0.15, -0.1) is 23.7 Å². The number of halogens is 2. The summed E-state index contributed by atoms with van der Waals surface area (Å²) in [5.41, 5.74) is 5.65. The van der Waals surface area contributed by atoms with Crippen LogP contribution in [0.1, 0.15) is 22.5 Å². The number of carbonyl (C=O) groups is 1. The van der Waals surface area contributed by atoms with E-state index in [0.29, 0.717) is 6.54 Å². The molecule has 1 aliphatic heterocycles. The molecule has 2 N–H and O–H groups in total. The highest BCUT2D eigenvalue weighted by Gasteiger charge is 2.29. The minimum atomic E-state index is 0. The molecule has 6 heteroatoms. The monoisotopic (exact) mass is 324 g/mol. The second-order valence-corrected chi connectivity index (χ2v) is 5.40. The van der Waals surface area contributed by atoms with E-state index in [-0.39, 0.29) is 24.4 Å². The van der Waals surface area contributed by atoms with Crippen LogP contribution in [0.15, 0.2) is 15.9 Å². The van der Waals surface area contributed by atoms with Crippen LogP contribution >= 0.6 is 39.7 Å². The topological polar surface area (TPSA) is 46.3 Å². The van der Waals surface area contributed by atoms with Gasteiger partial charge in [-0.25, -0.2) is 0 Å². The second kappa shape index (κ2) is 6.00. The first-order valence-electron chi connectivity index (χ1n) is 4.98. The molecule has 0 aliphatic carbocycles. The molecular formula is C10H14BrClN2OS. The lowest BCUT2D eigenvalue weighted by atomic mass is 10.2. The predicted octanol–water partition coefficient (Wildman–Crippen LogP) is 2.50. The zero-order valence-electron chi connectivity index (χ0n) is 8.69. The molecule has 1 aliphatic rings. The van der Waals surface area contributed by atoms with Crippen molar-refractivity contribution in [2.45, 2.75) is 18.9 Å². The van der Waals surface area contributed by atoms with E-state index in [1.54, 1.807) is 0 Å². The third kappa shape index (κ3) is 2.59. The van der Waals surface area contributed by atoms with E-state index in [9.17, 15) is 4.79 Å². The van der Waals surface area contributed by atoms with Crippen LogP contribution in [-0.4, -0.2) is 29.9 Å². The van der Waals surface area contributed by atoms with Crippen molar-refractivity contribution in [3.8, 4) is 0 Å². The van der Waals surface area contributed by atoms with E-state index in [4.69, 9.17) is 5.73 Å². The van der Waals surface area contributed by atoms with Crippen molar-refractivity contribution in [1.82, 2.24) is 4.90 Å². The molecule has 0 spiro atoms. The summed E-state index contributed by atoms with van der Waals surface area (Å²) in [5.74, 6) is 0.116. The Kier molecular flexibility index (Phi) is 5.24. The molecule has 1 atom stereocenters. The van der Waals surface area contributed by atoms with Gasteiger partial charge in [-0.1, -0.05) is 0 Å². The van der Waals surface area contributed by atoms with Crippen LogP contribution < -0.4 is 5.73 Å². The minimum Gasteiger partial charge on any atom is -0.334 e. The molecule has 1 saturated heterocycles. The minimum absolute atomic E-state index is 0. The van der Waals surface area contributed by atoms with E-state index in [0.717, 1.165) is 28.7 Å². The molecule has 1 amide bonds. The van der Waals surface area contributed by atoms with Crippen molar-refractivity contribution < 1.29 is 4.79 Å². The fourth-order valence-corrected chi connectivity index (χ4v) is 3.42. The zero-order valence-corrected chi connectivity index (χ0v) is 11.9. The van der Waals surface area contributed by atoms with E-state index >= 15 is 0 Å². The summed E-state index contributed by atoms with van der Waals surface area (Å²) in [6.07, 6.45) is 2.10. The SMILES string of the molecule is Cl.NCC1CCCN1C(=O)c1sccc1Br. The summed E-state index contributed by atoms with van der Waals surface area (Å²) >= 11 is 4.87. The third-order valence-electron chi connectivity index (χ3n) is 2.72. The first kappa shape index (κ1) is 14.0. The maximum Gasteiger partial charge on any atom is 0.265 e. The smallest absolute Gasteiger partial charge is 0.265 e. The Labute approximate surface area is 114 Å². The van der Waals surface area contributed by atoms with Gasteiger partial charge in [0.05, 0.1) is 0 Å². The van der Waals surface area contributed by atoms with Crippen LogP contribution in [0.2, 0.25) is 0 Å². The molecule has 1 aromatic heterocycles. The lowest BCUT2D eigenvalue weighted by Gasteiger charge is -2.22. The van der Waals surface area contributed by atoms with Crippen LogP contribution in [-0.2, 0) is 0 Å². The van der Waals surface area contributed by atoms with Crippen molar-refractivity contribution in [2.24, 2.45) is 5.73 Å². The normalized spacial score (nSPS) is 19.6. The van der Waals surface area contributed by atoms with Gasteiger partial charge >= 0.3 is 0 Å². The van der Waals surface area contributed by atoms with E-state index in [1.165, 1.54) is 11.3 Å². The number of likely N-dealkylation sites (tertiary alicyclic amines) is 1. The summed E-state index contributed by atoms with van der Waals surface area (Å²) in [6, 6.07) is 2.14. The van der Waals surface area contributed by atoms with Gasteiger partial charge in [-0.2, -0.15) is 0 Å². The highest BCUT2D eigenvalue weighted by atomic mass is 79.9. The van der Waals surface area contributed by atoms with Crippen molar-refractivity contribution in [3.63, 3.8) is 0 Å². The fourth-order valence-electron chi connectivity index (χ4n) is 1.92. The molecule has 0 aromatic carbocycles. The van der Waals surface area contributed by atoms with Gasteiger partial charge in [0.25, 0.3) is 5.91 Å². The summed E-state index contributed by atoms with van der Waals surface area (Å²) in [6.45, 7) is 1.40. The Morgan fingerprint density at radius 2 is 2.44 bits per heavy atom. The number of amides is 1. The molecule has 2 rings (SSSR count). The molecule has 16 heavy (non-hydrogen) atoms. The maximum atomic E-state index is 12.1. The van der Waals surface area contributed by atoms with Gasteiger partial charge in [0, 0.05) is 23.6 Å². The average molecular weight is 326 g/mol. The van der Waals surface area contributed by atoms with Gasteiger partial charge < -0.3 is 10.6 Å². The number of rotatable bonds is 2. The molecule has 0 bridgehead atoms. The van der Waals surface area contributed by atoms with Gasteiger partial charge in [0.2, 0.25) is 0 Å². The lowest BCUT2D eigenvalue weighted by molar-refractivity contribution is 0.0745. The number of carbonyl (C=O) groups excluding carboxylic acids is 1. The molecule has 1 aromatic rings. The first-order valence-corrected chi connectivity index (χ1v) is 6.65. The van der Waals surface area contributed by atoms with Gasteiger partial charge in [0.15, 0.2) is 0 Å². The third-order valence-corrected chi connectivity index (χ3v) is 4.55. The quantitative estimate of drug-likeness (QED) is 0.908. The van der Waals surface area contributed by atoms with Crippen molar-refractivity contribution >= 4 is 45.6 Å². The Bertz CT molecular complexity index is 371. The molecule has 3 nitrogen and oxygen atoms in total. The number of hydrogen-bond donors (Lipinski definition) is 1. The summed E-state index contributed by atoms with van der Waals surface area (Å²) < 4.78 is 0.889. The zero-order chi connectivity index (χ0) is 10.8. The second-order valence-electron chi connectivity index (χ2n) is 3.63. The van der Waals surface area contributed by atoms with Gasteiger partial charge in [-0.3, -0.25) is 4.79 Å². The molecule has 90 valence electrons. The van der Waals surface area contributed by atoms with Crippen LogP contribution in [0.25, 0.3) is 0 Å². The number of nitrogens with zero attached hydrogens (tertiary/aromatic N) is 1. The van der Waals surface area contributed by atoms with Crippen molar-refractivity contribution in [1.29, 1.82) is 0 Å². The average Bonchev–Trinajstić information content (AvgIpc) is 2.84. The highest BCUT2D eigenvalue weighted by Crippen LogP contribution is 2.27. The Balaban J connectivity index is 0.00000128. The predicted molar refractivity (Wildman–Crippen MR) is 72.4 cm³/mol. The fraction of sp³-hybridized carbons (Fsp3) is 0.500. The van der Waals surface area contributed by atoms with Gasteiger partial charge in [-0.05, 0) is 40.2 Å². The Morgan fingerprint density at radius 3 is 3.00 bits per heavy atom. The van der Waals surface area contributed by atoms with Crippen LogP contribution in [0.3, 0.4) is 0 Å². The first-order chi connectivity index (χ1) is 7.24. The largest absolute Gasteiger partial charge is 0.334 e. The number of thiophene rings is 1.